The zero-order chi connectivity index (χ0) is 19.4. The van der Waals surface area contributed by atoms with Crippen molar-refractivity contribution in [3.05, 3.63) is 41.8 Å². The number of hydrogen-bond donors (Lipinski definition) is 1. The van der Waals surface area contributed by atoms with Gasteiger partial charge in [-0.25, -0.2) is 9.07 Å². The Labute approximate surface area is 156 Å². The number of methoxy groups -OCH3 is 1. The van der Waals surface area contributed by atoms with E-state index < -0.39 is 0 Å². The number of piperidine rings is 1. The number of nitrogens with two attached hydrogens (primary N) is 1. The van der Waals surface area contributed by atoms with E-state index in [1.807, 2.05) is 0 Å². The molecule has 0 bridgehead atoms. The van der Waals surface area contributed by atoms with Gasteiger partial charge in [0.2, 0.25) is 5.91 Å². The van der Waals surface area contributed by atoms with Crippen molar-refractivity contribution in [1.82, 2.24) is 14.7 Å². The van der Waals surface area contributed by atoms with Crippen LogP contribution in [-0.2, 0) is 9.53 Å². The average molecular weight is 374 g/mol. The van der Waals surface area contributed by atoms with E-state index in [9.17, 15) is 14.0 Å². The van der Waals surface area contributed by atoms with E-state index in [1.165, 1.54) is 23.0 Å². The highest BCUT2D eigenvalue weighted by Crippen LogP contribution is 2.25. The Morgan fingerprint density at radius 3 is 2.78 bits per heavy atom. The largest absolute Gasteiger partial charge is 0.384 e. The van der Waals surface area contributed by atoms with Crippen LogP contribution in [-0.4, -0.2) is 53.2 Å². The molecule has 0 spiro atoms. The summed E-state index contributed by atoms with van der Waals surface area (Å²) in [6.07, 6.45) is 3.21. The van der Waals surface area contributed by atoms with Gasteiger partial charge in [-0.2, -0.15) is 5.10 Å². The number of Topliss-reactive ketones (excluding diaryl/α,β-unsaturated/α-hetero) is 1. The van der Waals surface area contributed by atoms with Gasteiger partial charge < -0.3 is 15.4 Å². The number of ketones is 1. The zero-order valence-electron chi connectivity index (χ0n) is 15.2. The summed E-state index contributed by atoms with van der Waals surface area (Å²) in [6, 6.07) is 5.71. The molecule has 0 aliphatic carbocycles. The highest BCUT2D eigenvalue weighted by Gasteiger charge is 2.31. The fraction of sp³-hybridized carbons (Fsp3) is 0.421. The van der Waals surface area contributed by atoms with Crippen LogP contribution in [0.4, 0.5) is 10.2 Å². The molecular weight excluding hydrogens is 351 g/mol. The first-order valence-corrected chi connectivity index (χ1v) is 8.91. The summed E-state index contributed by atoms with van der Waals surface area (Å²) in [6.45, 7) is 1.39. The van der Waals surface area contributed by atoms with Gasteiger partial charge in [-0.1, -0.05) is 0 Å². The third-order valence-electron chi connectivity index (χ3n) is 4.81. The number of anilines is 1. The smallest absolute Gasteiger partial charge is 0.224 e. The molecule has 1 fully saturated rings. The van der Waals surface area contributed by atoms with Gasteiger partial charge in [-0.3, -0.25) is 9.59 Å². The van der Waals surface area contributed by atoms with Crippen LogP contribution in [0.3, 0.4) is 0 Å². The quantitative estimate of drug-likeness (QED) is 0.782. The first-order valence-electron chi connectivity index (χ1n) is 8.91. The summed E-state index contributed by atoms with van der Waals surface area (Å²) in [4.78, 5) is 26.9. The molecule has 2 aromatic rings. The first-order chi connectivity index (χ1) is 13.0. The normalized spacial score (nSPS) is 17.1. The number of benzene rings is 1. The second-order valence-electron chi connectivity index (χ2n) is 6.62. The van der Waals surface area contributed by atoms with Crippen molar-refractivity contribution >= 4 is 17.5 Å². The maximum Gasteiger partial charge on any atom is 0.224 e. The van der Waals surface area contributed by atoms with Crippen LogP contribution in [0.15, 0.2) is 30.5 Å². The van der Waals surface area contributed by atoms with Crippen molar-refractivity contribution in [3.63, 3.8) is 0 Å². The van der Waals surface area contributed by atoms with Gasteiger partial charge in [0.05, 0.1) is 30.5 Å². The van der Waals surface area contributed by atoms with E-state index in [0.29, 0.717) is 43.8 Å². The van der Waals surface area contributed by atoms with Crippen molar-refractivity contribution in [2.24, 2.45) is 5.92 Å². The van der Waals surface area contributed by atoms with Gasteiger partial charge in [0.25, 0.3) is 0 Å². The molecule has 1 atom stereocenters. The Bertz CT molecular complexity index is 819. The molecule has 1 aliphatic rings. The molecule has 1 aromatic heterocycles. The highest BCUT2D eigenvalue weighted by atomic mass is 19.1. The van der Waals surface area contributed by atoms with Crippen LogP contribution >= 0.6 is 0 Å². The van der Waals surface area contributed by atoms with Gasteiger partial charge in [0.15, 0.2) is 5.78 Å². The molecule has 8 heteroatoms. The van der Waals surface area contributed by atoms with Crippen molar-refractivity contribution in [3.8, 4) is 5.69 Å². The Morgan fingerprint density at radius 1 is 1.33 bits per heavy atom. The van der Waals surface area contributed by atoms with E-state index in [4.69, 9.17) is 10.5 Å². The maximum absolute atomic E-state index is 13.1. The molecule has 1 saturated heterocycles. The molecule has 1 aromatic carbocycles. The molecule has 1 amide bonds. The molecule has 1 aliphatic heterocycles. The lowest BCUT2D eigenvalue weighted by Crippen LogP contribution is -2.42. The predicted octanol–water partition coefficient (Wildman–Crippen LogP) is 2.05. The Morgan fingerprint density at radius 2 is 2.07 bits per heavy atom. The fourth-order valence-corrected chi connectivity index (χ4v) is 3.32. The molecule has 2 heterocycles. The van der Waals surface area contributed by atoms with E-state index in [1.54, 1.807) is 24.1 Å². The Kier molecular flexibility index (Phi) is 5.85. The lowest BCUT2D eigenvalue weighted by molar-refractivity contribution is -0.133. The van der Waals surface area contributed by atoms with E-state index in [0.717, 1.165) is 6.42 Å². The topological polar surface area (TPSA) is 90.5 Å². The van der Waals surface area contributed by atoms with Crippen LogP contribution < -0.4 is 5.73 Å². The number of amides is 1. The number of carbonyl (C=O) groups excluding carboxylic acids is 2. The van der Waals surface area contributed by atoms with Gasteiger partial charge in [0, 0.05) is 26.1 Å². The maximum atomic E-state index is 13.1. The molecule has 3 rings (SSSR count). The van der Waals surface area contributed by atoms with Gasteiger partial charge in [0.1, 0.15) is 11.6 Å². The second-order valence-corrected chi connectivity index (χ2v) is 6.62. The number of carbonyl (C=O) groups is 2. The molecule has 0 saturated carbocycles. The minimum absolute atomic E-state index is 0.00988. The lowest BCUT2D eigenvalue weighted by Gasteiger charge is -2.32. The number of likely N-dealkylation sites (tertiary alicyclic amines) is 1. The van der Waals surface area contributed by atoms with Gasteiger partial charge >= 0.3 is 0 Å². The van der Waals surface area contributed by atoms with Crippen LogP contribution in [0.2, 0.25) is 0 Å². The number of halogens is 1. The van der Waals surface area contributed by atoms with Crippen LogP contribution in [0, 0.1) is 11.7 Å². The molecule has 2 N–H and O–H groups in total. The Balaban J connectivity index is 1.74. The number of hydrogen-bond acceptors (Lipinski definition) is 5. The molecule has 7 nitrogen and oxygen atoms in total. The predicted molar refractivity (Wildman–Crippen MR) is 98.1 cm³/mol. The Hall–Kier alpha value is -2.74. The number of aromatic nitrogens is 2. The summed E-state index contributed by atoms with van der Waals surface area (Å²) in [5.74, 6) is -0.580. The molecular formula is C19H23FN4O3. The van der Waals surface area contributed by atoms with Gasteiger partial charge in [-0.05, 0) is 37.1 Å². The van der Waals surface area contributed by atoms with Gasteiger partial charge in [-0.15, -0.1) is 0 Å². The third-order valence-corrected chi connectivity index (χ3v) is 4.81. The standard InChI is InChI=1S/C19H23FN4O3/c1-27-10-8-17(25)23-9-2-3-13(12-23)18(26)16-11-22-24(19(16)21)15-6-4-14(20)5-7-15/h4-7,11,13H,2-3,8-10,12,21H2,1H3/t13-/m1/s1. The second kappa shape index (κ2) is 8.30. The SMILES string of the molecule is COCCC(=O)N1CCC[C@@H](C(=O)c2cnn(-c3ccc(F)cc3)c2N)C1. The van der Waals surface area contributed by atoms with E-state index in [-0.39, 0.29) is 29.2 Å². The minimum Gasteiger partial charge on any atom is -0.384 e. The summed E-state index contributed by atoms with van der Waals surface area (Å²) in [5, 5.41) is 4.18. The van der Waals surface area contributed by atoms with Crippen molar-refractivity contribution < 1.29 is 18.7 Å². The van der Waals surface area contributed by atoms with Crippen molar-refractivity contribution in [2.45, 2.75) is 19.3 Å². The third kappa shape index (κ3) is 4.16. The molecule has 0 radical (unpaired) electrons. The monoisotopic (exact) mass is 374 g/mol. The molecule has 0 unspecified atom stereocenters. The minimum atomic E-state index is -0.360. The lowest BCUT2D eigenvalue weighted by atomic mass is 9.90. The van der Waals surface area contributed by atoms with Crippen LogP contribution in [0.25, 0.3) is 5.69 Å². The molecule has 144 valence electrons. The molecule has 27 heavy (non-hydrogen) atoms. The number of ether oxygens (including phenoxy) is 1. The summed E-state index contributed by atoms with van der Waals surface area (Å²) >= 11 is 0. The average Bonchev–Trinajstić information content (AvgIpc) is 3.07. The van der Waals surface area contributed by atoms with Crippen molar-refractivity contribution in [2.75, 3.05) is 32.5 Å². The fourth-order valence-electron chi connectivity index (χ4n) is 3.32. The summed E-state index contributed by atoms with van der Waals surface area (Å²) < 4.78 is 19.5. The van der Waals surface area contributed by atoms with Crippen LogP contribution in [0.5, 0.6) is 0 Å². The number of nitrogens with zero attached hydrogens (tertiary/aromatic N) is 3. The van der Waals surface area contributed by atoms with E-state index >= 15 is 0 Å². The highest BCUT2D eigenvalue weighted by molar-refractivity contribution is 6.02. The zero-order valence-corrected chi connectivity index (χ0v) is 15.2. The summed E-state index contributed by atoms with van der Waals surface area (Å²) in [7, 11) is 1.55. The first kappa shape index (κ1) is 19.0. The van der Waals surface area contributed by atoms with E-state index in [2.05, 4.69) is 5.10 Å². The van der Waals surface area contributed by atoms with Crippen LogP contribution in [0.1, 0.15) is 29.6 Å². The van der Waals surface area contributed by atoms with Crippen molar-refractivity contribution in [1.29, 1.82) is 0 Å². The summed E-state index contributed by atoms with van der Waals surface area (Å²) in [5.41, 5.74) is 7.04. The number of nitrogen functional groups attached to an aromatic ring is 1. The number of rotatable bonds is 6.